The van der Waals surface area contributed by atoms with E-state index < -0.39 is 0 Å². The molecule has 0 aliphatic carbocycles. The van der Waals surface area contributed by atoms with Gasteiger partial charge in [0.2, 0.25) is 5.91 Å². The van der Waals surface area contributed by atoms with Gasteiger partial charge >= 0.3 is 0 Å². The summed E-state index contributed by atoms with van der Waals surface area (Å²) in [7, 11) is 1.70. The van der Waals surface area contributed by atoms with E-state index in [1.54, 1.807) is 18.1 Å². The summed E-state index contributed by atoms with van der Waals surface area (Å²) < 4.78 is 1.53. The number of aromatic nitrogens is 4. The second-order valence-corrected chi connectivity index (χ2v) is 6.23. The molecular formula is C21H17N5O2. The average Bonchev–Trinajstić information content (AvgIpc) is 3.11. The largest absolute Gasteiger partial charge is 0.314 e. The predicted molar refractivity (Wildman–Crippen MR) is 106 cm³/mol. The van der Waals surface area contributed by atoms with E-state index in [0.717, 1.165) is 11.3 Å². The summed E-state index contributed by atoms with van der Waals surface area (Å²) in [6.07, 6.45) is 2.19. The first-order valence-electron chi connectivity index (χ1n) is 8.73. The Morgan fingerprint density at radius 1 is 1.04 bits per heavy atom. The van der Waals surface area contributed by atoms with Crippen molar-refractivity contribution in [2.45, 2.75) is 6.54 Å². The molecule has 28 heavy (non-hydrogen) atoms. The normalized spacial score (nSPS) is 10.8. The second-order valence-electron chi connectivity index (χ2n) is 6.23. The van der Waals surface area contributed by atoms with Gasteiger partial charge in [-0.3, -0.25) is 14.2 Å². The van der Waals surface area contributed by atoms with Crippen LogP contribution >= 0.6 is 0 Å². The number of hydrogen-bond donors (Lipinski definition) is 0. The molecule has 2 aromatic heterocycles. The number of likely N-dealkylation sites (N-methyl/N-ethyl adjacent to an activating group) is 1. The molecule has 0 aliphatic rings. The van der Waals surface area contributed by atoms with Crippen molar-refractivity contribution >= 4 is 29.0 Å². The lowest BCUT2D eigenvalue weighted by molar-refractivity contribution is -0.118. The summed E-state index contributed by atoms with van der Waals surface area (Å²) in [5.74, 6) is 0.466. The predicted octanol–water partition coefficient (Wildman–Crippen LogP) is 2.97. The molecule has 4 rings (SSSR count). The van der Waals surface area contributed by atoms with Gasteiger partial charge in [-0.2, -0.15) is 0 Å². The van der Waals surface area contributed by atoms with Crippen LogP contribution in [-0.4, -0.2) is 38.8 Å². The number of anilines is 1. The van der Waals surface area contributed by atoms with Gasteiger partial charge in [0.25, 0.3) is 0 Å². The molecule has 0 aliphatic heterocycles. The molecule has 0 N–H and O–H groups in total. The Bertz CT molecular complexity index is 1140. The highest BCUT2D eigenvalue weighted by molar-refractivity contribution is 5.94. The molecule has 0 fully saturated rings. The first-order valence-corrected chi connectivity index (χ1v) is 8.73. The van der Waals surface area contributed by atoms with Crippen LogP contribution in [0.2, 0.25) is 0 Å². The third-order valence-electron chi connectivity index (χ3n) is 4.47. The zero-order chi connectivity index (χ0) is 19.5. The minimum Gasteiger partial charge on any atom is -0.314 e. The highest BCUT2D eigenvalue weighted by Crippen LogP contribution is 2.20. The first kappa shape index (κ1) is 17.5. The number of nitrogens with zero attached hydrogens (tertiary/aromatic N) is 5. The Labute approximate surface area is 161 Å². The average molecular weight is 371 g/mol. The number of aldehydes is 1. The molecule has 0 saturated heterocycles. The third-order valence-corrected chi connectivity index (χ3v) is 4.47. The Morgan fingerprint density at radius 3 is 2.39 bits per heavy atom. The lowest BCUT2D eigenvalue weighted by atomic mass is 10.2. The van der Waals surface area contributed by atoms with Gasteiger partial charge < -0.3 is 4.90 Å². The van der Waals surface area contributed by atoms with Crippen LogP contribution < -0.4 is 4.90 Å². The quantitative estimate of drug-likeness (QED) is 0.504. The monoisotopic (exact) mass is 371 g/mol. The molecule has 2 heterocycles. The van der Waals surface area contributed by atoms with Crippen molar-refractivity contribution in [2.24, 2.45) is 0 Å². The van der Waals surface area contributed by atoms with Gasteiger partial charge in [-0.1, -0.05) is 48.5 Å². The summed E-state index contributed by atoms with van der Waals surface area (Å²) >= 11 is 0. The molecule has 1 amide bonds. The first-order chi connectivity index (χ1) is 13.7. The van der Waals surface area contributed by atoms with Gasteiger partial charge in [0, 0.05) is 18.3 Å². The summed E-state index contributed by atoms with van der Waals surface area (Å²) in [5, 5.41) is 0. The fraction of sp³-hybridized carbons (Fsp3) is 0.0952. The topological polar surface area (TPSA) is 81.0 Å². The van der Waals surface area contributed by atoms with Gasteiger partial charge in [-0.05, 0) is 12.1 Å². The number of para-hydroxylation sites is 1. The highest BCUT2D eigenvalue weighted by Gasteiger charge is 2.18. The van der Waals surface area contributed by atoms with Crippen LogP contribution in [0.4, 0.5) is 5.69 Å². The number of fused-ring (bicyclic) bond motifs is 1. The van der Waals surface area contributed by atoms with Crippen LogP contribution in [-0.2, 0) is 11.3 Å². The maximum atomic E-state index is 12.8. The zero-order valence-corrected chi connectivity index (χ0v) is 15.2. The second kappa shape index (κ2) is 7.40. The van der Waals surface area contributed by atoms with Gasteiger partial charge in [0.15, 0.2) is 23.6 Å². The van der Waals surface area contributed by atoms with Crippen molar-refractivity contribution in [1.29, 1.82) is 0 Å². The molecule has 0 radical (unpaired) electrons. The maximum Gasteiger partial charge on any atom is 0.246 e. The molecule has 7 nitrogen and oxygen atoms in total. The molecule has 0 unspecified atom stereocenters. The molecule has 0 bridgehead atoms. The number of imidazole rings is 1. The van der Waals surface area contributed by atoms with Crippen molar-refractivity contribution in [1.82, 2.24) is 19.5 Å². The fourth-order valence-corrected chi connectivity index (χ4v) is 2.95. The van der Waals surface area contributed by atoms with Gasteiger partial charge in [-0.25, -0.2) is 15.0 Å². The van der Waals surface area contributed by atoms with Crippen molar-refractivity contribution in [3.8, 4) is 11.4 Å². The smallest absolute Gasteiger partial charge is 0.246 e. The van der Waals surface area contributed by atoms with E-state index in [1.807, 2.05) is 60.7 Å². The van der Waals surface area contributed by atoms with Crippen molar-refractivity contribution < 1.29 is 9.59 Å². The molecule has 7 heteroatoms. The van der Waals surface area contributed by atoms with Crippen LogP contribution in [0.1, 0.15) is 10.6 Å². The highest BCUT2D eigenvalue weighted by atomic mass is 16.2. The van der Waals surface area contributed by atoms with Crippen molar-refractivity contribution in [2.75, 3.05) is 11.9 Å². The molecule has 0 atom stereocenters. The molecule has 2 aromatic carbocycles. The number of amides is 1. The number of carbonyl (C=O) groups excluding carboxylic acids is 2. The van der Waals surface area contributed by atoms with E-state index in [-0.39, 0.29) is 18.3 Å². The van der Waals surface area contributed by atoms with E-state index in [0.29, 0.717) is 23.3 Å². The van der Waals surface area contributed by atoms with Crippen molar-refractivity contribution in [3.05, 3.63) is 72.7 Å². The SMILES string of the molecule is CN(C(=O)Cn1c(C=O)nc2cnc(-c3ccccc3)nc21)c1ccccc1. The summed E-state index contributed by atoms with van der Waals surface area (Å²) in [5.41, 5.74) is 2.53. The van der Waals surface area contributed by atoms with Crippen LogP contribution in [0.15, 0.2) is 66.9 Å². The molecule has 138 valence electrons. The number of carbonyl (C=O) groups is 2. The van der Waals surface area contributed by atoms with Crippen LogP contribution in [0.25, 0.3) is 22.6 Å². The van der Waals surface area contributed by atoms with E-state index in [9.17, 15) is 9.59 Å². The van der Waals surface area contributed by atoms with E-state index >= 15 is 0 Å². The molecule has 0 saturated carbocycles. The summed E-state index contributed by atoms with van der Waals surface area (Å²) in [6.45, 7) is -0.0544. The Morgan fingerprint density at radius 2 is 1.71 bits per heavy atom. The van der Waals surface area contributed by atoms with Gasteiger partial charge in [0.05, 0.1) is 6.20 Å². The Hall–Kier alpha value is -3.87. The van der Waals surface area contributed by atoms with Crippen LogP contribution in [0, 0.1) is 0 Å². The minimum absolute atomic E-state index is 0.0544. The fourth-order valence-electron chi connectivity index (χ4n) is 2.95. The summed E-state index contributed by atoms with van der Waals surface area (Å²) in [6, 6.07) is 18.8. The number of rotatable bonds is 5. The van der Waals surface area contributed by atoms with Gasteiger partial charge in [0.1, 0.15) is 12.1 Å². The lowest BCUT2D eigenvalue weighted by Gasteiger charge is -2.18. The van der Waals surface area contributed by atoms with Gasteiger partial charge in [-0.15, -0.1) is 0 Å². The Kier molecular flexibility index (Phi) is 4.63. The van der Waals surface area contributed by atoms with Crippen LogP contribution in [0.5, 0.6) is 0 Å². The number of hydrogen-bond acceptors (Lipinski definition) is 5. The lowest BCUT2D eigenvalue weighted by Crippen LogP contribution is -2.30. The molecule has 4 aromatic rings. The van der Waals surface area contributed by atoms with Crippen LogP contribution in [0.3, 0.4) is 0 Å². The van der Waals surface area contributed by atoms with E-state index in [1.165, 1.54) is 4.57 Å². The summed E-state index contributed by atoms with van der Waals surface area (Å²) in [4.78, 5) is 39.0. The Balaban J connectivity index is 1.73. The third kappa shape index (κ3) is 3.25. The number of benzene rings is 2. The van der Waals surface area contributed by atoms with E-state index in [4.69, 9.17) is 0 Å². The minimum atomic E-state index is -0.187. The molecular weight excluding hydrogens is 354 g/mol. The zero-order valence-electron chi connectivity index (χ0n) is 15.2. The maximum absolute atomic E-state index is 12.8. The molecule has 0 spiro atoms. The van der Waals surface area contributed by atoms with Crippen molar-refractivity contribution in [3.63, 3.8) is 0 Å². The van der Waals surface area contributed by atoms with E-state index in [2.05, 4.69) is 15.0 Å². The standard InChI is InChI=1S/C21H17N5O2/c1-25(16-10-6-3-7-11-16)19(28)13-26-18(14-27)23-17-12-22-20(24-21(17)26)15-8-4-2-5-9-15/h2-12,14H,13H2,1H3.